The van der Waals surface area contributed by atoms with Gasteiger partial charge in [0.05, 0.1) is 11.1 Å². The van der Waals surface area contributed by atoms with Crippen LogP contribution in [0.2, 0.25) is 0 Å². The second-order valence-electron chi connectivity index (χ2n) is 12.6. The zero-order chi connectivity index (χ0) is 31.3. The predicted molar refractivity (Wildman–Crippen MR) is 168 cm³/mol. The SMILES string of the molecule is CNC(=O)C(CCC=O)N1C(=O)c2ccc(N3CCC(CN4CCC(C(C=NC5(C=O)CCC5)=CN)CC4)CC3)cc2C1=O. The van der Waals surface area contributed by atoms with Crippen LogP contribution >= 0.6 is 0 Å². The van der Waals surface area contributed by atoms with Gasteiger partial charge in [-0.15, -0.1) is 0 Å². The number of amides is 3. The van der Waals surface area contributed by atoms with Crippen LogP contribution in [0, 0.1) is 11.8 Å². The lowest BCUT2D eigenvalue weighted by atomic mass is 9.78. The number of anilines is 1. The first-order chi connectivity index (χ1) is 21.3. The number of allylic oxidation sites excluding steroid dienone is 1. The summed E-state index contributed by atoms with van der Waals surface area (Å²) in [5.74, 6) is -0.501. The van der Waals surface area contributed by atoms with Gasteiger partial charge in [-0.05, 0) is 106 Å². The van der Waals surface area contributed by atoms with Crippen LogP contribution in [0.15, 0.2) is 35.0 Å². The number of benzene rings is 1. The van der Waals surface area contributed by atoms with Crippen molar-refractivity contribution in [2.45, 2.75) is 69.4 Å². The molecule has 2 saturated heterocycles. The van der Waals surface area contributed by atoms with Crippen molar-refractivity contribution in [1.82, 2.24) is 15.1 Å². The average molecular weight is 605 g/mol. The van der Waals surface area contributed by atoms with Crippen LogP contribution in [-0.4, -0.2) is 97.7 Å². The molecule has 3 N–H and O–H groups in total. The zero-order valence-corrected chi connectivity index (χ0v) is 25.6. The number of piperidine rings is 2. The lowest BCUT2D eigenvalue weighted by molar-refractivity contribution is -0.124. The molecule has 44 heavy (non-hydrogen) atoms. The monoisotopic (exact) mass is 604 g/mol. The Hall–Kier alpha value is -3.86. The number of aliphatic imine (C=N–C) groups is 1. The number of likely N-dealkylation sites (tertiary alicyclic amines) is 1. The molecule has 0 spiro atoms. The third-order valence-corrected chi connectivity index (χ3v) is 9.98. The van der Waals surface area contributed by atoms with Crippen LogP contribution in [-0.2, 0) is 14.4 Å². The molecule has 0 aromatic heterocycles. The molecule has 11 nitrogen and oxygen atoms in total. The predicted octanol–water partition coefficient (Wildman–Crippen LogP) is 2.34. The highest BCUT2D eigenvalue weighted by Gasteiger charge is 2.43. The number of carbonyl (C=O) groups is 5. The molecule has 1 saturated carbocycles. The van der Waals surface area contributed by atoms with E-state index in [0.717, 1.165) is 100 Å². The number of nitrogens with zero attached hydrogens (tertiary/aromatic N) is 4. The van der Waals surface area contributed by atoms with Gasteiger partial charge in [0.25, 0.3) is 11.8 Å². The topological polar surface area (TPSA) is 145 Å². The van der Waals surface area contributed by atoms with E-state index in [0.29, 0.717) is 29.2 Å². The largest absolute Gasteiger partial charge is 0.404 e. The summed E-state index contributed by atoms with van der Waals surface area (Å²) in [6.45, 7) is 4.80. The van der Waals surface area contributed by atoms with Crippen molar-refractivity contribution in [3.8, 4) is 0 Å². The van der Waals surface area contributed by atoms with Gasteiger partial charge in [0.2, 0.25) is 5.91 Å². The van der Waals surface area contributed by atoms with Gasteiger partial charge >= 0.3 is 0 Å². The molecule has 1 aromatic carbocycles. The van der Waals surface area contributed by atoms with Gasteiger partial charge in [0.15, 0.2) is 0 Å². The molecule has 1 unspecified atom stereocenters. The minimum Gasteiger partial charge on any atom is -0.404 e. The van der Waals surface area contributed by atoms with Crippen molar-refractivity contribution < 1.29 is 24.0 Å². The number of likely N-dealkylation sites (N-methyl/N-ethyl adjacent to an activating group) is 1. The summed E-state index contributed by atoms with van der Waals surface area (Å²) in [4.78, 5) is 71.7. The molecular formula is C33H44N6O5. The third kappa shape index (κ3) is 6.47. The Labute approximate surface area is 258 Å². The highest BCUT2D eigenvalue weighted by atomic mass is 16.2. The summed E-state index contributed by atoms with van der Waals surface area (Å²) in [7, 11) is 1.45. The van der Waals surface area contributed by atoms with Crippen LogP contribution < -0.4 is 16.0 Å². The molecule has 0 radical (unpaired) electrons. The minimum absolute atomic E-state index is 0.0767. The summed E-state index contributed by atoms with van der Waals surface area (Å²) in [6, 6.07) is 4.32. The molecule has 5 rings (SSSR count). The number of fused-ring (bicyclic) bond motifs is 1. The number of aldehydes is 2. The lowest BCUT2D eigenvalue weighted by Gasteiger charge is -2.38. The normalized spacial score (nSPS) is 22.2. The first-order valence-corrected chi connectivity index (χ1v) is 15.9. The van der Waals surface area contributed by atoms with E-state index in [1.165, 1.54) is 7.05 Å². The Morgan fingerprint density at radius 1 is 1.07 bits per heavy atom. The number of rotatable bonds is 12. The maximum Gasteiger partial charge on any atom is 0.262 e. The lowest BCUT2D eigenvalue weighted by Crippen LogP contribution is -2.48. The van der Waals surface area contributed by atoms with E-state index in [9.17, 15) is 24.0 Å². The van der Waals surface area contributed by atoms with E-state index < -0.39 is 29.3 Å². The van der Waals surface area contributed by atoms with Gasteiger partial charge in [0.1, 0.15) is 24.2 Å². The highest BCUT2D eigenvalue weighted by molar-refractivity contribution is 6.23. The Balaban J connectivity index is 1.12. The Kier molecular flexibility index (Phi) is 9.93. The van der Waals surface area contributed by atoms with Crippen LogP contribution in [0.1, 0.15) is 78.5 Å². The molecule has 1 aromatic rings. The molecule has 3 amide bonds. The molecule has 3 fully saturated rings. The van der Waals surface area contributed by atoms with E-state index in [2.05, 4.69) is 20.1 Å². The van der Waals surface area contributed by atoms with Crippen molar-refractivity contribution in [2.75, 3.05) is 44.7 Å². The highest BCUT2D eigenvalue weighted by Crippen LogP contribution is 2.35. The molecule has 1 atom stereocenters. The van der Waals surface area contributed by atoms with Crippen molar-refractivity contribution in [3.63, 3.8) is 0 Å². The van der Waals surface area contributed by atoms with E-state index >= 15 is 0 Å². The molecule has 1 aliphatic carbocycles. The third-order valence-electron chi connectivity index (χ3n) is 9.98. The van der Waals surface area contributed by atoms with Crippen molar-refractivity contribution in [2.24, 2.45) is 22.6 Å². The standard InChI is InChI=1S/C33H44N6O5/c1-35-30(42)29(4-2-17-40)39-31(43)27-6-5-26(18-28(27)32(39)44)38-15-7-23(8-16-38)21-37-13-9-24(10-14-37)25(19-34)20-36-33(22-41)11-3-12-33/h5-6,17-20,22-24,29H,2-4,7-16,21,34H2,1H3,(H,35,42). The Morgan fingerprint density at radius 3 is 2.36 bits per heavy atom. The second-order valence-corrected chi connectivity index (χ2v) is 12.6. The fourth-order valence-corrected chi connectivity index (χ4v) is 6.99. The van der Waals surface area contributed by atoms with Crippen molar-refractivity contribution in [3.05, 3.63) is 41.1 Å². The van der Waals surface area contributed by atoms with E-state index in [1.807, 2.05) is 12.3 Å². The van der Waals surface area contributed by atoms with Crippen molar-refractivity contribution in [1.29, 1.82) is 0 Å². The van der Waals surface area contributed by atoms with E-state index in [-0.39, 0.29) is 12.8 Å². The number of carbonyl (C=O) groups excluding carboxylic acids is 5. The maximum atomic E-state index is 13.3. The Bertz CT molecular complexity index is 1320. The van der Waals surface area contributed by atoms with Crippen LogP contribution in [0.5, 0.6) is 0 Å². The van der Waals surface area contributed by atoms with Gasteiger partial charge in [-0.25, -0.2) is 0 Å². The molecule has 4 aliphatic rings. The van der Waals surface area contributed by atoms with Crippen LogP contribution in [0.4, 0.5) is 5.69 Å². The number of nitrogens with two attached hydrogens (primary N) is 1. The number of imide groups is 1. The molecular weight excluding hydrogens is 560 g/mol. The van der Waals surface area contributed by atoms with Crippen molar-refractivity contribution >= 4 is 42.2 Å². The van der Waals surface area contributed by atoms with Gasteiger partial charge in [-0.3, -0.25) is 24.3 Å². The van der Waals surface area contributed by atoms with Gasteiger partial charge in [0, 0.05) is 45.0 Å². The summed E-state index contributed by atoms with van der Waals surface area (Å²) in [6.07, 6.45) is 12.2. The molecule has 11 heteroatoms. The van der Waals surface area contributed by atoms with E-state index in [1.54, 1.807) is 18.3 Å². The fraction of sp³-hybridized carbons (Fsp3) is 0.576. The summed E-state index contributed by atoms with van der Waals surface area (Å²) in [5.41, 5.74) is 7.97. The summed E-state index contributed by atoms with van der Waals surface area (Å²) >= 11 is 0. The number of hydrogen-bond acceptors (Lipinski definition) is 9. The average Bonchev–Trinajstić information content (AvgIpc) is 3.28. The van der Waals surface area contributed by atoms with Crippen LogP contribution in [0.25, 0.3) is 0 Å². The molecule has 3 aliphatic heterocycles. The fourth-order valence-electron chi connectivity index (χ4n) is 6.99. The summed E-state index contributed by atoms with van der Waals surface area (Å²) < 4.78 is 0. The first kappa shape index (κ1) is 31.6. The molecule has 0 bridgehead atoms. The molecule has 3 heterocycles. The number of nitrogens with one attached hydrogen (secondary N) is 1. The van der Waals surface area contributed by atoms with Gasteiger partial charge in [-0.1, -0.05) is 0 Å². The summed E-state index contributed by atoms with van der Waals surface area (Å²) in [5, 5.41) is 2.50. The second kappa shape index (κ2) is 13.8. The minimum atomic E-state index is -1.02. The van der Waals surface area contributed by atoms with Gasteiger partial charge < -0.3 is 30.4 Å². The van der Waals surface area contributed by atoms with Crippen LogP contribution in [0.3, 0.4) is 0 Å². The quantitative estimate of drug-likeness (QED) is 0.210. The maximum absolute atomic E-state index is 13.3. The van der Waals surface area contributed by atoms with Gasteiger partial charge in [-0.2, -0.15) is 0 Å². The zero-order valence-electron chi connectivity index (χ0n) is 25.6. The first-order valence-electron chi connectivity index (χ1n) is 15.9. The smallest absolute Gasteiger partial charge is 0.262 e. The Morgan fingerprint density at radius 2 is 1.77 bits per heavy atom. The molecule has 236 valence electrons. The van der Waals surface area contributed by atoms with E-state index in [4.69, 9.17) is 5.73 Å². The number of hydrogen-bond donors (Lipinski definition) is 2.